The topological polar surface area (TPSA) is 64.2 Å². The first-order valence-corrected chi connectivity index (χ1v) is 8.88. The summed E-state index contributed by atoms with van der Waals surface area (Å²) < 4.78 is 0. The lowest BCUT2D eigenvalue weighted by Gasteiger charge is -2.31. The molecule has 4 heterocycles. The number of likely N-dealkylation sites (tertiary alicyclic amines) is 1. The van der Waals surface area contributed by atoms with Crippen LogP contribution in [0.25, 0.3) is 11.0 Å². The summed E-state index contributed by atoms with van der Waals surface area (Å²) in [5, 5.41) is 14.7. The number of hydrogen-bond donors (Lipinski definition) is 3. The minimum absolute atomic E-state index is 0.172. The van der Waals surface area contributed by atoms with Crippen LogP contribution in [0.4, 0.5) is 0 Å². The molecule has 0 radical (unpaired) electrons. The molecule has 0 aromatic carbocycles. The Labute approximate surface area is 137 Å². The molecular weight excluding hydrogens is 288 g/mol. The molecule has 0 saturated carbocycles. The van der Waals surface area contributed by atoms with Gasteiger partial charge in [0.25, 0.3) is 0 Å². The van der Waals surface area contributed by atoms with E-state index in [-0.39, 0.29) is 6.10 Å². The number of pyridine rings is 1. The van der Waals surface area contributed by atoms with Crippen molar-refractivity contribution in [2.75, 3.05) is 26.2 Å². The molecular formula is C18H26N4O. The normalized spacial score (nSPS) is 24.3. The van der Waals surface area contributed by atoms with E-state index in [1.165, 1.54) is 29.5 Å². The Hall–Kier alpha value is -1.43. The Morgan fingerprint density at radius 1 is 1.26 bits per heavy atom. The summed E-state index contributed by atoms with van der Waals surface area (Å²) in [5.74, 6) is 0.593. The molecule has 4 rings (SSSR count). The second-order valence-corrected chi connectivity index (χ2v) is 6.97. The van der Waals surface area contributed by atoms with Crippen LogP contribution in [0.2, 0.25) is 0 Å². The van der Waals surface area contributed by atoms with Gasteiger partial charge in [-0.2, -0.15) is 0 Å². The zero-order chi connectivity index (χ0) is 15.6. The number of aromatic nitrogens is 2. The van der Waals surface area contributed by atoms with E-state index in [9.17, 15) is 5.11 Å². The summed E-state index contributed by atoms with van der Waals surface area (Å²) in [6, 6.07) is 4.20. The van der Waals surface area contributed by atoms with Gasteiger partial charge in [0.1, 0.15) is 5.65 Å². The molecule has 124 valence electrons. The van der Waals surface area contributed by atoms with Gasteiger partial charge in [0.05, 0.1) is 6.10 Å². The first-order chi connectivity index (χ1) is 11.3. The Morgan fingerprint density at radius 2 is 2.13 bits per heavy atom. The summed E-state index contributed by atoms with van der Waals surface area (Å²) in [6.45, 7) is 4.97. The van der Waals surface area contributed by atoms with Gasteiger partial charge < -0.3 is 15.4 Å². The lowest BCUT2D eigenvalue weighted by atomic mass is 9.91. The van der Waals surface area contributed by atoms with Crippen LogP contribution in [0.3, 0.4) is 0 Å². The maximum Gasteiger partial charge on any atom is 0.137 e. The number of nitrogens with zero attached hydrogens (tertiary/aromatic N) is 2. The summed E-state index contributed by atoms with van der Waals surface area (Å²) in [4.78, 5) is 10.5. The lowest BCUT2D eigenvalue weighted by Crippen LogP contribution is -2.38. The van der Waals surface area contributed by atoms with Gasteiger partial charge in [-0.1, -0.05) is 0 Å². The van der Waals surface area contributed by atoms with Crippen LogP contribution in [-0.4, -0.2) is 52.3 Å². The van der Waals surface area contributed by atoms with Gasteiger partial charge in [-0.25, -0.2) is 4.98 Å². The molecule has 5 nitrogen and oxygen atoms in total. The van der Waals surface area contributed by atoms with Crippen LogP contribution in [0, 0.1) is 0 Å². The SMILES string of the molecule is O[C@@H]1CCCN(Cc2c(C3CCNCC3)[nH]c3ncccc23)C1. The van der Waals surface area contributed by atoms with E-state index in [1.807, 2.05) is 12.3 Å². The van der Waals surface area contributed by atoms with E-state index in [4.69, 9.17) is 0 Å². The average molecular weight is 314 g/mol. The minimum atomic E-state index is -0.172. The van der Waals surface area contributed by atoms with Crippen molar-refractivity contribution in [3.63, 3.8) is 0 Å². The van der Waals surface area contributed by atoms with Crippen LogP contribution in [0.5, 0.6) is 0 Å². The maximum absolute atomic E-state index is 9.97. The van der Waals surface area contributed by atoms with Crippen LogP contribution in [-0.2, 0) is 6.54 Å². The highest BCUT2D eigenvalue weighted by molar-refractivity contribution is 5.81. The first kappa shape index (κ1) is 15.1. The second kappa shape index (κ2) is 6.59. The number of aromatic amines is 1. The van der Waals surface area contributed by atoms with Gasteiger partial charge >= 0.3 is 0 Å². The van der Waals surface area contributed by atoms with Crippen molar-refractivity contribution in [1.82, 2.24) is 20.2 Å². The molecule has 1 atom stereocenters. The molecule has 5 heteroatoms. The number of β-amino-alcohol motifs (C(OH)–C–C–N with tert-alkyl or cyclic N) is 1. The Bertz CT molecular complexity index is 662. The molecule has 2 saturated heterocycles. The van der Waals surface area contributed by atoms with E-state index in [2.05, 4.69) is 26.3 Å². The Morgan fingerprint density at radius 3 is 2.96 bits per heavy atom. The van der Waals surface area contributed by atoms with Crippen LogP contribution in [0.1, 0.15) is 42.9 Å². The largest absolute Gasteiger partial charge is 0.392 e. The van der Waals surface area contributed by atoms with Gasteiger partial charge in [-0.05, 0) is 63.0 Å². The fraction of sp³-hybridized carbons (Fsp3) is 0.611. The highest BCUT2D eigenvalue weighted by Gasteiger charge is 2.25. The van der Waals surface area contributed by atoms with E-state index >= 15 is 0 Å². The quantitative estimate of drug-likeness (QED) is 0.811. The van der Waals surface area contributed by atoms with Gasteiger partial charge in [0.15, 0.2) is 0 Å². The second-order valence-electron chi connectivity index (χ2n) is 6.97. The van der Waals surface area contributed by atoms with E-state index in [1.54, 1.807) is 0 Å². The van der Waals surface area contributed by atoms with Crippen molar-refractivity contribution < 1.29 is 5.11 Å². The molecule has 2 aromatic rings. The Balaban J connectivity index is 1.67. The predicted octanol–water partition coefficient (Wildman–Crippen LogP) is 1.99. The number of nitrogens with one attached hydrogen (secondary N) is 2. The monoisotopic (exact) mass is 314 g/mol. The number of fused-ring (bicyclic) bond motifs is 1. The van der Waals surface area contributed by atoms with Gasteiger partial charge in [0, 0.05) is 36.3 Å². The lowest BCUT2D eigenvalue weighted by molar-refractivity contribution is 0.0668. The van der Waals surface area contributed by atoms with Gasteiger partial charge in [-0.15, -0.1) is 0 Å². The predicted molar refractivity (Wildman–Crippen MR) is 91.5 cm³/mol. The molecule has 0 amide bonds. The fourth-order valence-electron chi connectivity index (χ4n) is 4.12. The third-order valence-electron chi connectivity index (χ3n) is 5.32. The minimum Gasteiger partial charge on any atom is -0.392 e. The summed E-state index contributed by atoms with van der Waals surface area (Å²) in [5.41, 5.74) is 3.78. The van der Waals surface area contributed by atoms with Crippen molar-refractivity contribution in [2.24, 2.45) is 0 Å². The Kier molecular flexibility index (Phi) is 4.33. The van der Waals surface area contributed by atoms with Crippen LogP contribution < -0.4 is 5.32 Å². The number of aliphatic hydroxyl groups is 1. The summed E-state index contributed by atoms with van der Waals surface area (Å²) >= 11 is 0. The zero-order valence-corrected chi connectivity index (χ0v) is 13.6. The fourth-order valence-corrected chi connectivity index (χ4v) is 4.12. The van der Waals surface area contributed by atoms with Crippen molar-refractivity contribution in [3.05, 3.63) is 29.6 Å². The number of hydrogen-bond acceptors (Lipinski definition) is 4. The zero-order valence-electron chi connectivity index (χ0n) is 13.6. The van der Waals surface area contributed by atoms with Crippen molar-refractivity contribution >= 4 is 11.0 Å². The number of piperidine rings is 2. The molecule has 3 N–H and O–H groups in total. The molecule has 2 aliphatic heterocycles. The summed E-state index contributed by atoms with van der Waals surface area (Å²) in [6.07, 6.45) is 6.08. The van der Waals surface area contributed by atoms with Crippen LogP contribution in [0.15, 0.2) is 18.3 Å². The molecule has 2 aromatic heterocycles. The molecule has 2 aliphatic rings. The summed E-state index contributed by atoms with van der Waals surface area (Å²) in [7, 11) is 0. The molecule has 0 unspecified atom stereocenters. The van der Waals surface area contributed by atoms with E-state index in [0.29, 0.717) is 5.92 Å². The number of aliphatic hydroxyl groups excluding tert-OH is 1. The van der Waals surface area contributed by atoms with Gasteiger partial charge in [0.2, 0.25) is 0 Å². The smallest absolute Gasteiger partial charge is 0.137 e. The highest BCUT2D eigenvalue weighted by Crippen LogP contribution is 2.33. The standard InChI is InChI=1S/C18H26N4O/c23-14-3-2-10-22(11-14)12-16-15-4-1-7-20-18(15)21-17(16)13-5-8-19-9-6-13/h1,4,7,13-14,19,23H,2-3,5-6,8-12H2,(H,20,21)/t14-/m1/s1. The molecule has 0 spiro atoms. The highest BCUT2D eigenvalue weighted by atomic mass is 16.3. The molecule has 23 heavy (non-hydrogen) atoms. The van der Waals surface area contributed by atoms with Crippen molar-refractivity contribution in [1.29, 1.82) is 0 Å². The average Bonchev–Trinajstić information content (AvgIpc) is 2.95. The third-order valence-corrected chi connectivity index (χ3v) is 5.32. The van der Waals surface area contributed by atoms with Crippen molar-refractivity contribution in [3.8, 4) is 0 Å². The molecule has 2 fully saturated rings. The number of rotatable bonds is 3. The van der Waals surface area contributed by atoms with E-state index < -0.39 is 0 Å². The molecule has 0 bridgehead atoms. The van der Waals surface area contributed by atoms with Gasteiger partial charge in [-0.3, -0.25) is 4.90 Å². The first-order valence-electron chi connectivity index (χ1n) is 8.88. The number of H-pyrrole nitrogens is 1. The van der Waals surface area contributed by atoms with E-state index in [0.717, 1.165) is 51.2 Å². The van der Waals surface area contributed by atoms with Crippen molar-refractivity contribution in [2.45, 2.75) is 44.2 Å². The molecule has 0 aliphatic carbocycles. The maximum atomic E-state index is 9.97. The third kappa shape index (κ3) is 3.13. The van der Waals surface area contributed by atoms with Crippen LogP contribution >= 0.6 is 0 Å².